The Balaban J connectivity index is 2.39. The van der Waals surface area contributed by atoms with Crippen LogP contribution >= 0.6 is 12.6 Å². The summed E-state index contributed by atoms with van der Waals surface area (Å²) in [5, 5.41) is 3.28. The third-order valence-corrected chi connectivity index (χ3v) is 2.62. The van der Waals surface area contributed by atoms with Crippen LogP contribution in [0.3, 0.4) is 0 Å². The van der Waals surface area contributed by atoms with Crippen LogP contribution in [-0.4, -0.2) is 42.7 Å². The molecule has 1 aliphatic heterocycles. The molecule has 1 heterocycles. The molecule has 0 aromatic rings. The number of carbonyl (C=O) groups is 1. The first-order valence-electron chi connectivity index (χ1n) is 4.33. The van der Waals surface area contributed by atoms with E-state index < -0.39 is 0 Å². The van der Waals surface area contributed by atoms with E-state index in [-0.39, 0.29) is 5.91 Å². The van der Waals surface area contributed by atoms with E-state index in [0.717, 1.165) is 25.9 Å². The van der Waals surface area contributed by atoms with Gasteiger partial charge in [-0.3, -0.25) is 4.79 Å². The first kappa shape index (κ1) is 9.86. The number of piperidine rings is 1. The molecule has 1 amide bonds. The SMILES string of the molecule is CN(C(=O)CS)C1CCCNC1. The number of hydrogen-bond donors (Lipinski definition) is 2. The quantitative estimate of drug-likeness (QED) is 0.604. The third-order valence-electron chi connectivity index (χ3n) is 2.35. The average Bonchev–Trinajstić information content (AvgIpc) is 2.17. The van der Waals surface area contributed by atoms with Crippen molar-refractivity contribution in [3.05, 3.63) is 0 Å². The maximum absolute atomic E-state index is 11.2. The fraction of sp³-hybridized carbons (Fsp3) is 0.875. The van der Waals surface area contributed by atoms with Crippen LogP contribution in [0, 0.1) is 0 Å². The number of nitrogens with zero attached hydrogens (tertiary/aromatic N) is 1. The maximum atomic E-state index is 11.2. The zero-order valence-electron chi connectivity index (χ0n) is 7.42. The Bertz CT molecular complexity index is 157. The van der Waals surface area contributed by atoms with Gasteiger partial charge in [-0.2, -0.15) is 12.6 Å². The molecule has 0 bridgehead atoms. The number of hydrogen-bond acceptors (Lipinski definition) is 3. The lowest BCUT2D eigenvalue weighted by atomic mass is 10.1. The number of rotatable bonds is 2. The molecule has 0 saturated carbocycles. The molecule has 1 rings (SSSR count). The number of amides is 1. The molecule has 0 aliphatic carbocycles. The normalized spacial score (nSPS) is 23.7. The number of nitrogens with one attached hydrogen (secondary N) is 1. The van der Waals surface area contributed by atoms with E-state index in [9.17, 15) is 4.79 Å². The summed E-state index contributed by atoms with van der Waals surface area (Å²) in [7, 11) is 1.86. The summed E-state index contributed by atoms with van der Waals surface area (Å²) in [6.07, 6.45) is 2.28. The molecule has 12 heavy (non-hydrogen) atoms. The van der Waals surface area contributed by atoms with Crippen molar-refractivity contribution >= 4 is 18.5 Å². The summed E-state index contributed by atoms with van der Waals surface area (Å²) in [4.78, 5) is 13.0. The Morgan fingerprint density at radius 3 is 3.00 bits per heavy atom. The zero-order chi connectivity index (χ0) is 8.97. The molecule has 0 aromatic heterocycles. The van der Waals surface area contributed by atoms with Gasteiger partial charge in [0.15, 0.2) is 0 Å². The van der Waals surface area contributed by atoms with E-state index in [4.69, 9.17) is 0 Å². The van der Waals surface area contributed by atoms with E-state index >= 15 is 0 Å². The van der Waals surface area contributed by atoms with Crippen LogP contribution in [0.1, 0.15) is 12.8 Å². The molecule has 1 saturated heterocycles. The van der Waals surface area contributed by atoms with Crippen molar-refractivity contribution < 1.29 is 4.79 Å². The molecule has 1 unspecified atom stereocenters. The molecule has 0 radical (unpaired) electrons. The van der Waals surface area contributed by atoms with Crippen molar-refractivity contribution in [1.29, 1.82) is 0 Å². The fourth-order valence-electron chi connectivity index (χ4n) is 1.48. The Kier molecular flexibility index (Phi) is 3.88. The maximum Gasteiger partial charge on any atom is 0.232 e. The average molecular weight is 188 g/mol. The lowest BCUT2D eigenvalue weighted by molar-refractivity contribution is -0.129. The van der Waals surface area contributed by atoms with Crippen molar-refractivity contribution in [1.82, 2.24) is 10.2 Å². The van der Waals surface area contributed by atoms with Crippen molar-refractivity contribution in [2.24, 2.45) is 0 Å². The van der Waals surface area contributed by atoms with E-state index in [0.29, 0.717) is 11.8 Å². The van der Waals surface area contributed by atoms with Gasteiger partial charge < -0.3 is 10.2 Å². The highest BCUT2D eigenvalue weighted by Crippen LogP contribution is 2.08. The van der Waals surface area contributed by atoms with Gasteiger partial charge in [0.05, 0.1) is 5.75 Å². The predicted molar refractivity (Wildman–Crippen MR) is 52.5 cm³/mol. The van der Waals surface area contributed by atoms with Crippen molar-refractivity contribution in [2.75, 3.05) is 25.9 Å². The van der Waals surface area contributed by atoms with Crippen LogP contribution in [0.4, 0.5) is 0 Å². The Morgan fingerprint density at radius 2 is 2.50 bits per heavy atom. The Hall–Kier alpha value is -0.220. The summed E-state index contributed by atoms with van der Waals surface area (Å²) < 4.78 is 0. The van der Waals surface area contributed by atoms with E-state index in [1.54, 1.807) is 4.90 Å². The summed E-state index contributed by atoms with van der Waals surface area (Å²) in [6.45, 7) is 2.01. The minimum Gasteiger partial charge on any atom is -0.341 e. The monoisotopic (exact) mass is 188 g/mol. The second-order valence-electron chi connectivity index (χ2n) is 3.16. The Labute approximate surface area is 78.9 Å². The number of thiol groups is 1. The van der Waals surface area contributed by atoms with E-state index in [2.05, 4.69) is 17.9 Å². The molecule has 0 spiro atoms. The van der Waals surface area contributed by atoms with E-state index in [1.165, 1.54) is 0 Å². The highest BCUT2D eigenvalue weighted by atomic mass is 32.1. The fourth-order valence-corrected chi connectivity index (χ4v) is 1.70. The van der Waals surface area contributed by atoms with Gasteiger partial charge in [0.1, 0.15) is 0 Å². The van der Waals surface area contributed by atoms with Crippen LogP contribution in [0.25, 0.3) is 0 Å². The van der Waals surface area contributed by atoms with Crippen molar-refractivity contribution in [3.63, 3.8) is 0 Å². The smallest absolute Gasteiger partial charge is 0.232 e. The van der Waals surface area contributed by atoms with Gasteiger partial charge >= 0.3 is 0 Å². The highest BCUT2D eigenvalue weighted by molar-refractivity contribution is 7.81. The van der Waals surface area contributed by atoms with Crippen molar-refractivity contribution in [3.8, 4) is 0 Å². The number of carbonyl (C=O) groups excluding carboxylic acids is 1. The van der Waals surface area contributed by atoms with Crippen LogP contribution in [-0.2, 0) is 4.79 Å². The predicted octanol–water partition coefficient (Wildman–Crippen LogP) is 0.127. The van der Waals surface area contributed by atoms with Crippen LogP contribution < -0.4 is 5.32 Å². The van der Waals surface area contributed by atoms with Gasteiger partial charge in [-0.1, -0.05) is 0 Å². The summed E-state index contributed by atoms with van der Waals surface area (Å²) in [5.41, 5.74) is 0. The van der Waals surface area contributed by atoms with Crippen LogP contribution in [0.15, 0.2) is 0 Å². The largest absolute Gasteiger partial charge is 0.341 e. The molecule has 3 nitrogen and oxygen atoms in total. The summed E-state index contributed by atoms with van der Waals surface area (Å²) in [6, 6.07) is 0.374. The van der Waals surface area contributed by atoms with Crippen molar-refractivity contribution in [2.45, 2.75) is 18.9 Å². The third kappa shape index (κ3) is 2.38. The standard InChI is InChI=1S/C8H16N2OS/c1-10(8(11)6-12)7-3-2-4-9-5-7/h7,9,12H,2-6H2,1H3. The van der Waals surface area contributed by atoms with Gasteiger partial charge in [0, 0.05) is 19.6 Å². The summed E-state index contributed by atoms with van der Waals surface area (Å²) >= 11 is 3.96. The molecule has 1 atom stereocenters. The minimum absolute atomic E-state index is 0.118. The molecular weight excluding hydrogens is 172 g/mol. The second-order valence-corrected chi connectivity index (χ2v) is 3.48. The van der Waals surface area contributed by atoms with Gasteiger partial charge in [-0.15, -0.1) is 0 Å². The first-order valence-corrected chi connectivity index (χ1v) is 4.96. The topological polar surface area (TPSA) is 32.3 Å². The van der Waals surface area contributed by atoms with E-state index in [1.807, 2.05) is 7.05 Å². The molecule has 1 aliphatic rings. The van der Waals surface area contributed by atoms with Crippen LogP contribution in [0.5, 0.6) is 0 Å². The molecule has 4 heteroatoms. The van der Waals surface area contributed by atoms with Gasteiger partial charge in [0.2, 0.25) is 5.91 Å². The molecule has 1 N–H and O–H groups in total. The lowest BCUT2D eigenvalue weighted by Crippen LogP contribution is -2.47. The van der Waals surface area contributed by atoms with Crippen LogP contribution in [0.2, 0.25) is 0 Å². The Morgan fingerprint density at radius 1 is 1.75 bits per heavy atom. The molecule has 0 aromatic carbocycles. The summed E-state index contributed by atoms with van der Waals surface area (Å²) in [5.74, 6) is 0.430. The lowest BCUT2D eigenvalue weighted by Gasteiger charge is -2.31. The number of likely N-dealkylation sites (N-methyl/N-ethyl adjacent to an activating group) is 1. The molecular formula is C8H16N2OS. The first-order chi connectivity index (χ1) is 5.75. The zero-order valence-corrected chi connectivity index (χ0v) is 8.31. The highest BCUT2D eigenvalue weighted by Gasteiger charge is 2.20. The minimum atomic E-state index is 0.118. The van der Waals surface area contributed by atoms with Gasteiger partial charge in [-0.05, 0) is 19.4 Å². The van der Waals surface area contributed by atoms with Gasteiger partial charge in [-0.25, -0.2) is 0 Å². The van der Waals surface area contributed by atoms with Gasteiger partial charge in [0.25, 0.3) is 0 Å². The second kappa shape index (κ2) is 4.72. The molecule has 70 valence electrons. The molecule has 1 fully saturated rings.